The highest BCUT2D eigenvalue weighted by molar-refractivity contribution is 6.61. The van der Waals surface area contributed by atoms with Crippen LogP contribution in [-0.2, 0) is 0 Å². The van der Waals surface area contributed by atoms with Crippen LogP contribution >= 0.6 is 0 Å². The second-order valence-electron chi connectivity index (χ2n) is 1.46. The summed E-state index contributed by atoms with van der Waals surface area (Å²) in [5.74, 6) is 0. The molecule has 0 aliphatic rings. The molecular formula is C5H12Si. The van der Waals surface area contributed by atoms with Crippen molar-refractivity contribution in [2.24, 2.45) is 0 Å². The number of hydrogen-bond donors (Lipinski definition) is 0. The molecule has 0 aliphatic heterocycles. The van der Waals surface area contributed by atoms with Gasteiger partial charge in [-0.05, 0) is 12.1 Å². The molecule has 0 amide bonds. The molecule has 0 aromatic carbocycles. The lowest BCUT2D eigenvalue weighted by atomic mass is 10.9. The van der Waals surface area contributed by atoms with Crippen molar-refractivity contribution in [1.82, 2.24) is 0 Å². The third kappa shape index (κ3) is 2.33. The fourth-order valence-corrected chi connectivity index (χ4v) is 0.750. The quantitative estimate of drug-likeness (QED) is 0.462. The molecule has 0 saturated carbocycles. The van der Waals surface area contributed by atoms with E-state index in [1.807, 2.05) is 0 Å². The average molecular weight is 100 g/mol. The van der Waals surface area contributed by atoms with Crippen LogP contribution in [0.15, 0.2) is 0 Å². The monoisotopic (exact) mass is 100 g/mol. The van der Waals surface area contributed by atoms with Crippen LogP contribution in [0, 0.1) is 0 Å². The van der Waals surface area contributed by atoms with Crippen molar-refractivity contribution in [2.75, 3.05) is 0 Å². The second-order valence-corrected chi connectivity index (χ2v) is 4.37. The first-order chi connectivity index (χ1) is 2.81. The minimum Gasteiger partial charge on any atom is -0.118 e. The van der Waals surface area contributed by atoms with Gasteiger partial charge in [0.25, 0.3) is 0 Å². The van der Waals surface area contributed by atoms with Crippen LogP contribution in [0.4, 0.5) is 0 Å². The zero-order chi connectivity index (χ0) is 4.99. The van der Waals surface area contributed by atoms with Crippen LogP contribution in [0.2, 0.25) is 12.1 Å². The lowest BCUT2D eigenvalue weighted by Gasteiger charge is -1.87. The van der Waals surface area contributed by atoms with Crippen molar-refractivity contribution in [1.29, 1.82) is 0 Å². The highest BCUT2D eigenvalue weighted by Crippen LogP contribution is 1.83. The summed E-state index contributed by atoms with van der Waals surface area (Å²) in [6, 6.07) is 2.64. The second kappa shape index (κ2) is 3.28. The van der Waals surface area contributed by atoms with Gasteiger partial charge in [0.1, 0.15) is 0 Å². The van der Waals surface area contributed by atoms with Gasteiger partial charge in [-0.3, -0.25) is 0 Å². The molecule has 36 valence electrons. The van der Waals surface area contributed by atoms with E-state index in [0.717, 1.165) is 0 Å². The van der Waals surface area contributed by atoms with E-state index in [4.69, 9.17) is 0 Å². The Hall–Kier alpha value is 0.0869. The Labute approximate surface area is 41.4 Å². The van der Waals surface area contributed by atoms with Gasteiger partial charge in [0.2, 0.25) is 0 Å². The van der Waals surface area contributed by atoms with E-state index in [-0.39, 0.29) is 8.41 Å². The van der Waals surface area contributed by atoms with E-state index in [2.05, 4.69) is 20.0 Å². The molecule has 1 heteroatoms. The Kier molecular flexibility index (Phi) is 3.33. The standard InChI is InChI=1S/C5H12Si/c1-4-6(3)5-2/h3-5H2,1-2H3. The molecule has 0 radical (unpaired) electrons. The van der Waals surface area contributed by atoms with Gasteiger partial charge in [0.05, 0.1) is 0 Å². The van der Waals surface area contributed by atoms with Crippen molar-refractivity contribution in [2.45, 2.75) is 25.9 Å². The molecule has 0 aromatic heterocycles. The first-order valence-electron chi connectivity index (χ1n) is 2.47. The summed E-state index contributed by atoms with van der Waals surface area (Å²) in [7, 11) is -0.118. The minimum atomic E-state index is -0.118. The van der Waals surface area contributed by atoms with Crippen LogP contribution in [0.25, 0.3) is 0 Å². The maximum Gasteiger partial charge on any atom is 0.00135 e. The van der Waals surface area contributed by atoms with E-state index in [1.54, 1.807) is 0 Å². The molecule has 0 nitrogen and oxygen atoms in total. The average Bonchev–Trinajstić information content (AvgIpc) is 1.65. The van der Waals surface area contributed by atoms with Gasteiger partial charge in [-0.1, -0.05) is 13.8 Å². The van der Waals surface area contributed by atoms with Gasteiger partial charge < -0.3 is 0 Å². The molecule has 6 heavy (non-hydrogen) atoms. The fourth-order valence-electron chi connectivity index (χ4n) is 0.250. The molecule has 0 saturated heterocycles. The lowest BCUT2D eigenvalue weighted by Crippen LogP contribution is -1.91. The summed E-state index contributed by atoms with van der Waals surface area (Å²) < 4.78 is 0. The predicted molar refractivity (Wildman–Crippen MR) is 33.8 cm³/mol. The van der Waals surface area contributed by atoms with Gasteiger partial charge in [-0.2, -0.15) is 0 Å². The summed E-state index contributed by atoms with van der Waals surface area (Å²) in [6.07, 6.45) is 3.98. The zero-order valence-electron chi connectivity index (χ0n) is 4.62. The Balaban J connectivity index is 2.99. The number of hydrogen-bond acceptors (Lipinski definition) is 0. The molecule has 0 aromatic rings. The maximum absolute atomic E-state index is 3.98. The third-order valence-corrected chi connectivity index (χ3v) is 3.00. The van der Waals surface area contributed by atoms with Crippen LogP contribution in [0.3, 0.4) is 0 Å². The Morgan fingerprint density at radius 2 is 1.67 bits per heavy atom. The largest absolute Gasteiger partial charge is 0.118 e. The molecule has 0 aliphatic carbocycles. The normalized spacial score (nSPS) is 8.33. The highest BCUT2D eigenvalue weighted by atomic mass is 28.2. The summed E-state index contributed by atoms with van der Waals surface area (Å²) in [6.45, 7) is 4.43. The molecule has 0 heterocycles. The van der Waals surface area contributed by atoms with Gasteiger partial charge in [0, 0.05) is 8.41 Å². The summed E-state index contributed by atoms with van der Waals surface area (Å²) in [5, 5.41) is 0. The maximum atomic E-state index is 3.98. The summed E-state index contributed by atoms with van der Waals surface area (Å²) in [4.78, 5) is 0. The van der Waals surface area contributed by atoms with Crippen molar-refractivity contribution in [3.8, 4) is 0 Å². The van der Waals surface area contributed by atoms with Crippen molar-refractivity contribution < 1.29 is 0 Å². The molecule has 0 atom stereocenters. The minimum absolute atomic E-state index is 0.118. The first kappa shape index (κ1) is 6.09. The molecule has 0 spiro atoms. The topological polar surface area (TPSA) is 0 Å². The van der Waals surface area contributed by atoms with Crippen molar-refractivity contribution >= 4 is 14.6 Å². The SMILES string of the molecule is C=[Si](CC)CC. The van der Waals surface area contributed by atoms with Gasteiger partial charge >= 0.3 is 0 Å². The van der Waals surface area contributed by atoms with E-state index < -0.39 is 0 Å². The van der Waals surface area contributed by atoms with Crippen LogP contribution in [0.5, 0.6) is 0 Å². The molecule has 0 N–H and O–H groups in total. The fraction of sp³-hybridized carbons (Fsp3) is 0.800. The summed E-state index contributed by atoms with van der Waals surface area (Å²) in [5.41, 5.74) is 0. The highest BCUT2D eigenvalue weighted by Gasteiger charge is 1.80. The molecular weight excluding hydrogens is 88.1 g/mol. The first-order valence-corrected chi connectivity index (χ1v) is 4.60. The molecule has 0 rings (SSSR count). The predicted octanol–water partition coefficient (Wildman–Crippen LogP) is 1.53. The summed E-state index contributed by atoms with van der Waals surface area (Å²) >= 11 is 0. The van der Waals surface area contributed by atoms with Gasteiger partial charge in [0.15, 0.2) is 0 Å². The van der Waals surface area contributed by atoms with Crippen molar-refractivity contribution in [3.63, 3.8) is 0 Å². The van der Waals surface area contributed by atoms with Crippen LogP contribution < -0.4 is 0 Å². The number of rotatable bonds is 2. The molecule has 0 unspecified atom stereocenters. The Bertz CT molecular complexity index is 41.9. The van der Waals surface area contributed by atoms with Crippen LogP contribution in [-0.4, -0.2) is 14.6 Å². The zero-order valence-corrected chi connectivity index (χ0v) is 5.62. The van der Waals surface area contributed by atoms with Gasteiger partial charge in [-0.25, -0.2) is 0 Å². The van der Waals surface area contributed by atoms with Crippen LogP contribution in [0.1, 0.15) is 13.8 Å². The Morgan fingerprint density at radius 1 is 1.33 bits per heavy atom. The van der Waals surface area contributed by atoms with Crippen molar-refractivity contribution in [3.05, 3.63) is 0 Å². The molecule has 0 bridgehead atoms. The van der Waals surface area contributed by atoms with E-state index in [1.165, 1.54) is 12.1 Å². The van der Waals surface area contributed by atoms with E-state index >= 15 is 0 Å². The molecule has 0 fully saturated rings. The Morgan fingerprint density at radius 3 is 1.67 bits per heavy atom. The lowest BCUT2D eigenvalue weighted by molar-refractivity contribution is 1.35. The smallest absolute Gasteiger partial charge is 0.00135 e. The van der Waals surface area contributed by atoms with E-state index in [0.29, 0.717) is 0 Å². The van der Waals surface area contributed by atoms with E-state index in [9.17, 15) is 0 Å². The third-order valence-electron chi connectivity index (χ3n) is 1.000. The van der Waals surface area contributed by atoms with Gasteiger partial charge in [-0.15, -0.1) is 6.17 Å².